The molecule has 0 spiro atoms. The topological polar surface area (TPSA) is 83.7 Å². The minimum absolute atomic E-state index is 0.251. The van der Waals surface area contributed by atoms with Gasteiger partial charge < -0.3 is 14.1 Å². The molecule has 0 saturated carbocycles. The van der Waals surface area contributed by atoms with E-state index < -0.39 is 0 Å². The van der Waals surface area contributed by atoms with Crippen LogP contribution in [0, 0.1) is 0 Å². The number of nitrogens with zero attached hydrogens (tertiary/aromatic N) is 4. The predicted molar refractivity (Wildman–Crippen MR) is 129 cm³/mol. The number of carbonyl (C=O) groups excluding carboxylic acids is 1. The average Bonchev–Trinajstić information content (AvgIpc) is 3.34. The summed E-state index contributed by atoms with van der Waals surface area (Å²) in [5.41, 5.74) is 4.80. The predicted octanol–water partition coefficient (Wildman–Crippen LogP) is 3.85. The number of hydrogen-bond donors (Lipinski definition) is 1. The van der Waals surface area contributed by atoms with Crippen molar-refractivity contribution in [3.05, 3.63) is 60.1 Å². The van der Waals surface area contributed by atoms with Gasteiger partial charge in [-0.3, -0.25) is 10.2 Å². The third-order valence-corrected chi connectivity index (χ3v) is 6.22. The van der Waals surface area contributed by atoms with Gasteiger partial charge in [-0.2, -0.15) is 0 Å². The molecule has 1 fully saturated rings. The van der Waals surface area contributed by atoms with Crippen molar-refractivity contribution in [1.82, 2.24) is 20.4 Å². The molecule has 8 nitrogen and oxygen atoms in total. The molecule has 33 heavy (non-hydrogen) atoms. The van der Waals surface area contributed by atoms with Crippen molar-refractivity contribution in [1.29, 1.82) is 0 Å². The molecule has 1 amide bonds. The molecule has 0 aliphatic carbocycles. The van der Waals surface area contributed by atoms with Gasteiger partial charge in [0.05, 0.1) is 24.7 Å². The van der Waals surface area contributed by atoms with Crippen molar-refractivity contribution in [2.24, 2.45) is 0 Å². The highest BCUT2D eigenvalue weighted by Crippen LogP contribution is 2.28. The molecule has 1 aliphatic heterocycles. The summed E-state index contributed by atoms with van der Waals surface area (Å²) in [4.78, 5) is 24.2. The minimum atomic E-state index is -0.251. The number of nitrogens with one attached hydrogen (secondary N) is 1. The van der Waals surface area contributed by atoms with Crippen LogP contribution in [-0.4, -0.2) is 60.3 Å². The third-order valence-electron chi connectivity index (χ3n) is 5.35. The SMILES string of the molecule is CCN(CC)c1cc(-c2ccccc2)nc(SCc2ccc(C(=O)NN3CCOCC3)o2)n1. The van der Waals surface area contributed by atoms with Gasteiger partial charge in [0.2, 0.25) is 0 Å². The van der Waals surface area contributed by atoms with E-state index in [4.69, 9.17) is 19.1 Å². The zero-order chi connectivity index (χ0) is 23.0. The van der Waals surface area contributed by atoms with Crippen molar-refractivity contribution in [2.45, 2.75) is 24.8 Å². The van der Waals surface area contributed by atoms with Crippen LogP contribution in [0.3, 0.4) is 0 Å². The number of amides is 1. The van der Waals surface area contributed by atoms with Gasteiger partial charge in [-0.05, 0) is 26.0 Å². The molecule has 0 atom stereocenters. The lowest BCUT2D eigenvalue weighted by Crippen LogP contribution is -2.48. The second-order valence-corrected chi connectivity index (χ2v) is 8.47. The Kier molecular flexibility index (Phi) is 7.98. The fourth-order valence-electron chi connectivity index (χ4n) is 3.53. The van der Waals surface area contributed by atoms with Crippen molar-refractivity contribution in [3.63, 3.8) is 0 Å². The molecule has 1 saturated heterocycles. The summed E-state index contributed by atoms with van der Waals surface area (Å²) in [6.07, 6.45) is 0. The van der Waals surface area contributed by atoms with Crippen LogP contribution in [0.4, 0.5) is 5.82 Å². The van der Waals surface area contributed by atoms with Crippen LogP contribution in [0.25, 0.3) is 11.3 Å². The van der Waals surface area contributed by atoms with E-state index >= 15 is 0 Å². The number of hydrazine groups is 1. The maximum atomic E-state index is 12.5. The van der Waals surface area contributed by atoms with E-state index in [9.17, 15) is 4.79 Å². The number of thioether (sulfide) groups is 1. The summed E-state index contributed by atoms with van der Waals surface area (Å²) in [6, 6.07) is 15.7. The fraction of sp³-hybridized carbons (Fsp3) is 0.375. The van der Waals surface area contributed by atoms with Gasteiger partial charge in [-0.15, -0.1) is 0 Å². The van der Waals surface area contributed by atoms with Crippen molar-refractivity contribution < 1.29 is 13.9 Å². The van der Waals surface area contributed by atoms with E-state index in [2.05, 4.69) is 36.3 Å². The van der Waals surface area contributed by atoms with Crippen LogP contribution >= 0.6 is 11.8 Å². The number of anilines is 1. The van der Waals surface area contributed by atoms with E-state index in [1.54, 1.807) is 6.07 Å². The van der Waals surface area contributed by atoms with Crippen LogP contribution in [0.5, 0.6) is 0 Å². The van der Waals surface area contributed by atoms with Gasteiger partial charge in [0.1, 0.15) is 11.6 Å². The first-order chi connectivity index (χ1) is 16.2. The number of morpholine rings is 1. The largest absolute Gasteiger partial charge is 0.455 e. The molecule has 0 bridgehead atoms. The van der Waals surface area contributed by atoms with Gasteiger partial charge in [0.15, 0.2) is 10.9 Å². The molecular weight excluding hydrogens is 438 g/mol. The molecule has 4 rings (SSSR count). The van der Waals surface area contributed by atoms with Crippen LogP contribution in [0.1, 0.15) is 30.2 Å². The van der Waals surface area contributed by atoms with Crippen molar-refractivity contribution >= 4 is 23.5 Å². The number of benzene rings is 1. The quantitative estimate of drug-likeness (QED) is 0.375. The average molecular weight is 468 g/mol. The number of hydrogen-bond acceptors (Lipinski definition) is 8. The summed E-state index contributed by atoms with van der Waals surface area (Å²) in [5.74, 6) is 2.17. The van der Waals surface area contributed by atoms with E-state index in [1.165, 1.54) is 11.8 Å². The lowest BCUT2D eigenvalue weighted by molar-refractivity contribution is 0.0117. The summed E-state index contributed by atoms with van der Waals surface area (Å²) in [7, 11) is 0. The number of ether oxygens (including phenoxy) is 1. The third kappa shape index (κ3) is 6.13. The number of rotatable bonds is 9. The van der Waals surface area contributed by atoms with E-state index in [-0.39, 0.29) is 5.91 Å². The highest BCUT2D eigenvalue weighted by atomic mass is 32.2. The first-order valence-corrected chi connectivity index (χ1v) is 12.2. The van der Waals surface area contributed by atoms with E-state index in [0.717, 1.165) is 30.2 Å². The molecule has 3 heterocycles. The van der Waals surface area contributed by atoms with Crippen LogP contribution < -0.4 is 10.3 Å². The van der Waals surface area contributed by atoms with Crippen molar-refractivity contribution in [3.8, 4) is 11.3 Å². The Hall–Kier alpha value is -2.88. The van der Waals surface area contributed by atoms with Crippen LogP contribution in [0.2, 0.25) is 0 Å². The zero-order valence-corrected chi connectivity index (χ0v) is 19.8. The molecule has 1 aliphatic rings. The minimum Gasteiger partial charge on any atom is -0.455 e. The molecular formula is C24H29N5O3S. The first-order valence-electron chi connectivity index (χ1n) is 11.2. The molecule has 0 radical (unpaired) electrons. The normalized spacial score (nSPS) is 14.2. The Morgan fingerprint density at radius 3 is 2.58 bits per heavy atom. The van der Waals surface area contributed by atoms with Gasteiger partial charge in [0.25, 0.3) is 0 Å². The van der Waals surface area contributed by atoms with Gasteiger partial charge in [-0.1, -0.05) is 42.1 Å². The Balaban J connectivity index is 1.46. The lowest BCUT2D eigenvalue weighted by Gasteiger charge is -2.26. The maximum absolute atomic E-state index is 12.5. The number of furan rings is 1. The molecule has 1 aromatic carbocycles. The zero-order valence-electron chi connectivity index (χ0n) is 19.0. The monoisotopic (exact) mass is 467 g/mol. The Labute approximate surface area is 198 Å². The summed E-state index contributed by atoms with van der Waals surface area (Å²) < 4.78 is 11.1. The standard InChI is InChI=1S/C24H29N5O3S/c1-3-28(4-2)22-16-20(18-8-6-5-7-9-18)25-24(26-22)33-17-19-10-11-21(32-19)23(30)27-29-12-14-31-15-13-29/h5-11,16H,3-4,12-15,17H2,1-2H3,(H,27,30). The smallest absolute Gasteiger partial charge is 0.301 e. The van der Waals surface area contributed by atoms with E-state index in [1.807, 2.05) is 35.3 Å². The molecule has 1 N–H and O–H groups in total. The second kappa shape index (κ2) is 11.3. The lowest BCUT2D eigenvalue weighted by atomic mass is 10.1. The molecule has 2 aromatic heterocycles. The highest BCUT2D eigenvalue weighted by Gasteiger charge is 2.18. The summed E-state index contributed by atoms with van der Waals surface area (Å²) in [6.45, 7) is 8.52. The number of aromatic nitrogens is 2. The van der Waals surface area contributed by atoms with Crippen LogP contribution in [0.15, 0.2) is 58.1 Å². The van der Waals surface area contributed by atoms with Crippen LogP contribution in [-0.2, 0) is 10.5 Å². The van der Waals surface area contributed by atoms with Gasteiger partial charge in [-0.25, -0.2) is 15.0 Å². The Bertz CT molecular complexity index is 1050. The maximum Gasteiger partial charge on any atom is 0.301 e. The van der Waals surface area contributed by atoms with Crippen molar-refractivity contribution in [2.75, 3.05) is 44.3 Å². The van der Waals surface area contributed by atoms with E-state index in [0.29, 0.717) is 48.7 Å². The first kappa shape index (κ1) is 23.3. The number of carbonyl (C=O) groups is 1. The summed E-state index contributed by atoms with van der Waals surface area (Å²) >= 11 is 1.49. The molecule has 174 valence electrons. The molecule has 0 unspecified atom stereocenters. The Morgan fingerprint density at radius 1 is 1.09 bits per heavy atom. The molecule has 3 aromatic rings. The highest BCUT2D eigenvalue weighted by molar-refractivity contribution is 7.98. The molecule has 9 heteroatoms. The fourth-order valence-corrected chi connectivity index (χ4v) is 4.28. The second-order valence-electron chi connectivity index (χ2n) is 7.53. The Morgan fingerprint density at radius 2 is 1.85 bits per heavy atom. The summed E-state index contributed by atoms with van der Waals surface area (Å²) in [5, 5.41) is 2.52. The van der Waals surface area contributed by atoms with Gasteiger partial charge >= 0.3 is 5.91 Å². The van der Waals surface area contributed by atoms with Gasteiger partial charge in [0, 0.05) is 37.8 Å².